The van der Waals surface area contributed by atoms with Crippen LogP contribution in [-0.2, 0) is 11.0 Å². The number of ether oxygens (including phenoxy) is 1. The van der Waals surface area contributed by atoms with Crippen LogP contribution in [0.5, 0.6) is 11.5 Å². The van der Waals surface area contributed by atoms with Crippen LogP contribution in [0.4, 0.5) is 18.9 Å². The van der Waals surface area contributed by atoms with Crippen LogP contribution in [0.2, 0.25) is 0 Å². The van der Waals surface area contributed by atoms with Crippen molar-refractivity contribution in [3.05, 3.63) is 53.6 Å². The van der Waals surface area contributed by atoms with E-state index in [1.807, 2.05) is 6.07 Å². The molecule has 130 valence electrons. The van der Waals surface area contributed by atoms with Crippen molar-refractivity contribution in [3.8, 4) is 17.6 Å². The molecule has 0 spiro atoms. The van der Waals surface area contributed by atoms with Crippen molar-refractivity contribution in [1.29, 1.82) is 5.26 Å². The summed E-state index contributed by atoms with van der Waals surface area (Å²) in [6, 6.07) is 9.94. The predicted octanol–water partition coefficient (Wildman–Crippen LogP) is 3.66. The van der Waals surface area contributed by atoms with Gasteiger partial charge in [-0.15, -0.1) is 0 Å². The minimum atomic E-state index is -4.43. The smallest absolute Gasteiger partial charge is 0.416 e. The number of carbonyl (C=O) groups is 1. The largest absolute Gasteiger partial charge is 0.456 e. The van der Waals surface area contributed by atoms with Crippen LogP contribution < -0.4 is 15.8 Å². The van der Waals surface area contributed by atoms with Gasteiger partial charge in [0.05, 0.1) is 11.1 Å². The Morgan fingerprint density at radius 1 is 1.24 bits per heavy atom. The normalized spacial score (nSPS) is 12.1. The molecule has 2 rings (SSSR count). The van der Waals surface area contributed by atoms with Crippen molar-refractivity contribution in [2.24, 2.45) is 5.73 Å². The molecule has 1 unspecified atom stereocenters. The van der Waals surface area contributed by atoms with Crippen molar-refractivity contribution in [2.45, 2.75) is 19.1 Å². The summed E-state index contributed by atoms with van der Waals surface area (Å²) in [7, 11) is 0. The molecule has 0 saturated heterocycles. The third kappa shape index (κ3) is 4.64. The van der Waals surface area contributed by atoms with Crippen LogP contribution in [0.3, 0.4) is 0 Å². The van der Waals surface area contributed by atoms with Gasteiger partial charge in [-0.05, 0) is 49.4 Å². The highest BCUT2D eigenvalue weighted by Crippen LogP contribution is 2.32. The van der Waals surface area contributed by atoms with Gasteiger partial charge < -0.3 is 15.8 Å². The molecule has 0 aromatic heterocycles. The molecule has 2 aromatic carbocycles. The number of nitrogens with two attached hydrogens (primary N) is 1. The number of halogens is 3. The lowest BCUT2D eigenvalue weighted by atomic mass is 10.1. The van der Waals surface area contributed by atoms with Crippen molar-refractivity contribution >= 4 is 11.6 Å². The van der Waals surface area contributed by atoms with Crippen LogP contribution in [0, 0.1) is 11.3 Å². The molecular formula is C17H14F3N3O2. The quantitative estimate of drug-likeness (QED) is 0.862. The lowest BCUT2D eigenvalue weighted by molar-refractivity contribution is -0.137. The minimum absolute atomic E-state index is 0.154. The molecule has 0 aliphatic heterocycles. The number of primary amides is 1. The predicted molar refractivity (Wildman–Crippen MR) is 85.0 cm³/mol. The number of anilines is 1. The summed E-state index contributed by atoms with van der Waals surface area (Å²) in [6.07, 6.45) is -4.43. The van der Waals surface area contributed by atoms with E-state index in [9.17, 15) is 23.2 Å². The molecule has 0 bridgehead atoms. The third-order valence-corrected chi connectivity index (χ3v) is 3.32. The highest BCUT2D eigenvalue weighted by molar-refractivity contribution is 5.82. The Morgan fingerprint density at radius 3 is 2.40 bits per heavy atom. The van der Waals surface area contributed by atoms with E-state index in [-0.39, 0.29) is 17.1 Å². The number of benzene rings is 2. The van der Waals surface area contributed by atoms with E-state index in [0.29, 0.717) is 5.69 Å². The van der Waals surface area contributed by atoms with Crippen LogP contribution >= 0.6 is 0 Å². The number of hydrogen-bond donors (Lipinski definition) is 2. The molecule has 0 saturated carbocycles. The first-order chi connectivity index (χ1) is 11.7. The molecule has 25 heavy (non-hydrogen) atoms. The molecule has 3 N–H and O–H groups in total. The van der Waals surface area contributed by atoms with Gasteiger partial charge in [-0.2, -0.15) is 18.4 Å². The summed E-state index contributed by atoms with van der Waals surface area (Å²) in [4.78, 5) is 11.1. The summed E-state index contributed by atoms with van der Waals surface area (Å²) in [5.74, 6) is -0.209. The number of nitrogens with zero attached hydrogens (tertiary/aromatic N) is 1. The van der Waals surface area contributed by atoms with E-state index >= 15 is 0 Å². The summed E-state index contributed by atoms with van der Waals surface area (Å²) in [6.45, 7) is 1.57. The molecular weight excluding hydrogens is 335 g/mol. The second-order valence-corrected chi connectivity index (χ2v) is 5.22. The van der Waals surface area contributed by atoms with Crippen molar-refractivity contribution < 1.29 is 22.7 Å². The lowest BCUT2D eigenvalue weighted by Crippen LogP contribution is -2.32. The molecule has 8 heteroatoms. The first-order valence-electron chi connectivity index (χ1n) is 7.16. The zero-order valence-electron chi connectivity index (χ0n) is 13.1. The van der Waals surface area contributed by atoms with Gasteiger partial charge in [0.1, 0.15) is 23.6 Å². The number of nitriles is 1. The van der Waals surface area contributed by atoms with Crippen LogP contribution in [0.25, 0.3) is 0 Å². The van der Waals surface area contributed by atoms with Crippen LogP contribution in [0.1, 0.15) is 18.1 Å². The Labute approximate surface area is 141 Å². The number of carbonyl (C=O) groups excluding carboxylic acids is 1. The summed E-state index contributed by atoms with van der Waals surface area (Å²) in [5.41, 5.74) is 5.01. The monoisotopic (exact) mass is 349 g/mol. The average molecular weight is 349 g/mol. The van der Waals surface area contributed by atoms with E-state index < -0.39 is 23.7 Å². The Hall–Kier alpha value is -3.21. The van der Waals surface area contributed by atoms with Crippen molar-refractivity contribution in [2.75, 3.05) is 5.32 Å². The molecule has 0 heterocycles. The fraction of sp³-hybridized carbons (Fsp3) is 0.176. The van der Waals surface area contributed by atoms with Crippen LogP contribution in [0.15, 0.2) is 42.5 Å². The van der Waals surface area contributed by atoms with Gasteiger partial charge in [0, 0.05) is 5.69 Å². The fourth-order valence-corrected chi connectivity index (χ4v) is 1.96. The summed E-state index contributed by atoms with van der Waals surface area (Å²) in [5, 5.41) is 12.0. The van der Waals surface area contributed by atoms with Crippen molar-refractivity contribution in [3.63, 3.8) is 0 Å². The Morgan fingerprint density at radius 2 is 1.88 bits per heavy atom. The molecule has 0 radical (unpaired) electrons. The van der Waals surface area contributed by atoms with E-state index in [0.717, 1.165) is 12.1 Å². The maximum absolute atomic E-state index is 12.5. The average Bonchev–Trinajstić information content (AvgIpc) is 2.55. The lowest BCUT2D eigenvalue weighted by Gasteiger charge is -2.14. The van der Waals surface area contributed by atoms with Crippen molar-refractivity contribution in [1.82, 2.24) is 0 Å². The highest BCUT2D eigenvalue weighted by Gasteiger charge is 2.30. The highest BCUT2D eigenvalue weighted by atomic mass is 19.4. The summed E-state index contributed by atoms with van der Waals surface area (Å²) >= 11 is 0. The maximum atomic E-state index is 12.5. The topological polar surface area (TPSA) is 88.1 Å². The number of hydrogen-bond acceptors (Lipinski definition) is 4. The van der Waals surface area contributed by atoms with E-state index in [1.165, 1.54) is 24.3 Å². The molecule has 1 amide bonds. The van der Waals surface area contributed by atoms with Gasteiger partial charge in [0.2, 0.25) is 5.91 Å². The molecule has 0 aliphatic rings. The standard InChI is InChI=1S/C17H14F3N3O2/c1-10(16(22)24)23-13-4-7-15(11(8-13)9-21)25-14-5-2-12(3-6-14)17(18,19)20/h2-8,10,23H,1H3,(H2,22,24). The summed E-state index contributed by atoms with van der Waals surface area (Å²) < 4.78 is 43.1. The zero-order valence-corrected chi connectivity index (χ0v) is 13.1. The van der Waals surface area contributed by atoms with E-state index in [2.05, 4.69) is 5.32 Å². The number of nitrogens with one attached hydrogen (secondary N) is 1. The fourth-order valence-electron chi connectivity index (χ4n) is 1.96. The van der Waals surface area contributed by atoms with Gasteiger partial charge >= 0.3 is 6.18 Å². The van der Waals surface area contributed by atoms with E-state index in [4.69, 9.17) is 10.5 Å². The second kappa shape index (κ2) is 7.13. The Balaban J connectivity index is 2.20. The van der Waals surface area contributed by atoms with Gasteiger partial charge in [-0.25, -0.2) is 0 Å². The first-order valence-corrected chi connectivity index (χ1v) is 7.16. The Kier molecular flexibility index (Phi) is 5.17. The van der Waals surface area contributed by atoms with Crippen LogP contribution in [-0.4, -0.2) is 11.9 Å². The molecule has 1 atom stereocenters. The second-order valence-electron chi connectivity index (χ2n) is 5.22. The molecule has 5 nitrogen and oxygen atoms in total. The maximum Gasteiger partial charge on any atom is 0.416 e. The Bertz CT molecular complexity index is 811. The minimum Gasteiger partial charge on any atom is -0.456 e. The number of alkyl halides is 3. The van der Waals surface area contributed by atoms with E-state index in [1.54, 1.807) is 13.0 Å². The zero-order chi connectivity index (χ0) is 18.6. The van der Waals surface area contributed by atoms with Gasteiger partial charge in [0.15, 0.2) is 0 Å². The molecule has 0 aliphatic carbocycles. The first kappa shape index (κ1) is 18.1. The third-order valence-electron chi connectivity index (χ3n) is 3.32. The number of amides is 1. The van der Waals surface area contributed by atoms with Gasteiger partial charge in [0.25, 0.3) is 0 Å². The van der Waals surface area contributed by atoms with Gasteiger partial charge in [-0.1, -0.05) is 0 Å². The molecule has 2 aromatic rings. The van der Waals surface area contributed by atoms with Gasteiger partial charge in [-0.3, -0.25) is 4.79 Å². The molecule has 0 fully saturated rings. The number of rotatable bonds is 5. The SMILES string of the molecule is CC(Nc1ccc(Oc2ccc(C(F)(F)F)cc2)c(C#N)c1)C(N)=O.